The van der Waals surface area contributed by atoms with Crippen molar-refractivity contribution in [1.82, 2.24) is 15.0 Å². The summed E-state index contributed by atoms with van der Waals surface area (Å²) in [6.45, 7) is 2.13. The Morgan fingerprint density at radius 3 is 2.76 bits per heavy atom. The number of hydrogen-bond donors (Lipinski definition) is 1. The van der Waals surface area contributed by atoms with Crippen LogP contribution in [0.15, 0.2) is 48.7 Å². The van der Waals surface area contributed by atoms with Crippen molar-refractivity contribution in [2.75, 3.05) is 6.61 Å². The number of carbonyl (C=O) groups is 1. The van der Waals surface area contributed by atoms with E-state index in [0.29, 0.717) is 18.1 Å². The normalized spacial score (nSPS) is 12.2. The van der Waals surface area contributed by atoms with E-state index >= 15 is 0 Å². The molecule has 1 aromatic carbocycles. The van der Waals surface area contributed by atoms with Gasteiger partial charge in [0.1, 0.15) is 11.7 Å². The van der Waals surface area contributed by atoms with Gasteiger partial charge in [0.15, 0.2) is 5.65 Å². The quantitative estimate of drug-likeness (QED) is 0.746. The molecule has 106 valence electrons. The average Bonchev–Trinajstić information content (AvgIpc) is 2.92. The molecule has 1 atom stereocenters. The third kappa shape index (κ3) is 2.63. The van der Waals surface area contributed by atoms with E-state index in [1.54, 1.807) is 13.1 Å². The smallest absolute Gasteiger partial charge is 0.321 e. The number of aromatic nitrogens is 3. The summed E-state index contributed by atoms with van der Waals surface area (Å²) >= 11 is 0. The van der Waals surface area contributed by atoms with Gasteiger partial charge in [0.05, 0.1) is 12.1 Å². The SMILES string of the molecule is CCOC(=O)C(c1ccccc1)c1nc2ncccc2[nH]1. The number of hydrogen-bond acceptors (Lipinski definition) is 4. The topological polar surface area (TPSA) is 67.9 Å². The van der Waals surface area contributed by atoms with E-state index in [9.17, 15) is 4.79 Å². The molecule has 1 N–H and O–H groups in total. The van der Waals surface area contributed by atoms with E-state index in [1.807, 2.05) is 42.5 Å². The zero-order chi connectivity index (χ0) is 14.7. The van der Waals surface area contributed by atoms with E-state index in [0.717, 1.165) is 11.1 Å². The summed E-state index contributed by atoms with van der Waals surface area (Å²) in [6, 6.07) is 13.2. The van der Waals surface area contributed by atoms with Crippen molar-refractivity contribution in [2.24, 2.45) is 0 Å². The zero-order valence-electron chi connectivity index (χ0n) is 11.6. The first-order valence-corrected chi connectivity index (χ1v) is 6.82. The fraction of sp³-hybridized carbons (Fsp3) is 0.188. The maximum absolute atomic E-state index is 12.3. The third-order valence-corrected chi connectivity index (χ3v) is 3.20. The highest BCUT2D eigenvalue weighted by Crippen LogP contribution is 2.25. The first kappa shape index (κ1) is 13.3. The number of benzene rings is 1. The van der Waals surface area contributed by atoms with Crippen LogP contribution in [0.1, 0.15) is 24.2 Å². The van der Waals surface area contributed by atoms with Crippen LogP contribution in [0, 0.1) is 0 Å². The molecule has 0 radical (unpaired) electrons. The van der Waals surface area contributed by atoms with Gasteiger partial charge in [0.25, 0.3) is 0 Å². The fourth-order valence-corrected chi connectivity index (χ4v) is 2.28. The Labute approximate surface area is 122 Å². The Bertz CT molecular complexity index is 719. The van der Waals surface area contributed by atoms with E-state index in [1.165, 1.54) is 0 Å². The number of rotatable bonds is 4. The monoisotopic (exact) mass is 281 g/mol. The highest BCUT2D eigenvalue weighted by Gasteiger charge is 2.27. The molecule has 0 saturated heterocycles. The van der Waals surface area contributed by atoms with Crippen LogP contribution in [0.25, 0.3) is 11.2 Å². The summed E-state index contributed by atoms with van der Waals surface area (Å²) < 4.78 is 5.19. The highest BCUT2D eigenvalue weighted by molar-refractivity contribution is 5.82. The molecule has 0 amide bonds. The lowest BCUT2D eigenvalue weighted by Crippen LogP contribution is -2.18. The van der Waals surface area contributed by atoms with Gasteiger partial charge in [0.2, 0.25) is 0 Å². The minimum absolute atomic E-state index is 0.317. The van der Waals surface area contributed by atoms with Gasteiger partial charge in [-0.3, -0.25) is 4.79 Å². The van der Waals surface area contributed by atoms with Gasteiger partial charge in [-0.25, -0.2) is 9.97 Å². The molecule has 5 heteroatoms. The summed E-state index contributed by atoms with van der Waals surface area (Å²) in [4.78, 5) is 24.1. The minimum Gasteiger partial charge on any atom is -0.465 e. The van der Waals surface area contributed by atoms with Gasteiger partial charge in [0, 0.05) is 6.20 Å². The number of aromatic amines is 1. The van der Waals surface area contributed by atoms with Crippen molar-refractivity contribution in [2.45, 2.75) is 12.8 Å². The van der Waals surface area contributed by atoms with Crippen LogP contribution in [0.2, 0.25) is 0 Å². The van der Waals surface area contributed by atoms with Crippen LogP contribution in [0.4, 0.5) is 0 Å². The molecule has 0 aliphatic carbocycles. The number of carbonyl (C=O) groups excluding carboxylic acids is 1. The van der Waals surface area contributed by atoms with Crippen molar-refractivity contribution < 1.29 is 9.53 Å². The van der Waals surface area contributed by atoms with Gasteiger partial charge in [-0.1, -0.05) is 30.3 Å². The first-order valence-electron chi connectivity index (χ1n) is 6.82. The lowest BCUT2D eigenvalue weighted by molar-refractivity contribution is -0.144. The number of imidazole rings is 1. The van der Waals surface area contributed by atoms with Crippen molar-refractivity contribution in [3.8, 4) is 0 Å². The molecule has 0 saturated carbocycles. The molecule has 21 heavy (non-hydrogen) atoms. The number of esters is 1. The first-order chi connectivity index (χ1) is 10.3. The Kier molecular flexibility index (Phi) is 3.64. The van der Waals surface area contributed by atoms with Crippen molar-refractivity contribution >= 4 is 17.1 Å². The van der Waals surface area contributed by atoms with E-state index in [4.69, 9.17) is 4.74 Å². The van der Waals surface area contributed by atoms with Crippen molar-refractivity contribution in [1.29, 1.82) is 0 Å². The molecule has 3 aromatic rings. The molecular weight excluding hydrogens is 266 g/mol. The molecule has 0 aliphatic rings. The maximum atomic E-state index is 12.3. The molecule has 0 aliphatic heterocycles. The van der Waals surface area contributed by atoms with Gasteiger partial charge < -0.3 is 9.72 Å². The second-order valence-corrected chi connectivity index (χ2v) is 4.59. The molecule has 1 unspecified atom stereocenters. The van der Waals surface area contributed by atoms with Crippen LogP contribution in [0.5, 0.6) is 0 Å². The Balaban J connectivity index is 2.08. The van der Waals surface area contributed by atoms with Crippen LogP contribution in [-0.2, 0) is 9.53 Å². The molecule has 0 spiro atoms. The largest absolute Gasteiger partial charge is 0.465 e. The fourth-order valence-electron chi connectivity index (χ4n) is 2.28. The van der Waals surface area contributed by atoms with E-state index < -0.39 is 5.92 Å². The summed E-state index contributed by atoms with van der Waals surface area (Å²) in [5.41, 5.74) is 2.24. The highest BCUT2D eigenvalue weighted by atomic mass is 16.5. The Hall–Kier alpha value is -2.69. The number of nitrogens with zero attached hydrogens (tertiary/aromatic N) is 2. The van der Waals surface area contributed by atoms with E-state index in [-0.39, 0.29) is 5.97 Å². The second kappa shape index (κ2) is 5.75. The predicted molar refractivity (Wildman–Crippen MR) is 78.8 cm³/mol. The summed E-state index contributed by atoms with van der Waals surface area (Å²) in [7, 11) is 0. The zero-order valence-corrected chi connectivity index (χ0v) is 11.6. The maximum Gasteiger partial charge on any atom is 0.321 e. The third-order valence-electron chi connectivity index (χ3n) is 3.20. The van der Waals surface area contributed by atoms with Crippen LogP contribution in [0.3, 0.4) is 0 Å². The van der Waals surface area contributed by atoms with Gasteiger partial charge in [-0.15, -0.1) is 0 Å². The van der Waals surface area contributed by atoms with Crippen LogP contribution in [-0.4, -0.2) is 27.5 Å². The molecule has 2 aromatic heterocycles. The van der Waals surface area contributed by atoms with E-state index in [2.05, 4.69) is 15.0 Å². The molecular formula is C16H15N3O2. The molecule has 0 fully saturated rings. The standard InChI is InChI=1S/C16H15N3O2/c1-2-21-16(20)13(11-7-4-3-5-8-11)15-18-12-9-6-10-17-14(12)19-15/h3-10,13H,2H2,1H3,(H,17,18,19). The van der Waals surface area contributed by atoms with Crippen molar-refractivity contribution in [3.05, 3.63) is 60.0 Å². The lowest BCUT2D eigenvalue weighted by atomic mass is 9.98. The number of nitrogens with one attached hydrogen (secondary N) is 1. The molecule has 0 bridgehead atoms. The summed E-state index contributed by atoms with van der Waals surface area (Å²) in [5.74, 6) is -0.337. The Morgan fingerprint density at radius 2 is 2.05 bits per heavy atom. The average molecular weight is 281 g/mol. The van der Waals surface area contributed by atoms with Crippen LogP contribution < -0.4 is 0 Å². The summed E-state index contributed by atoms with van der Waals surface area (Å²) in [5, 5.41) is 0. The van der Waals surface area contributed by atoms with Gasteiger partial charge in [-0.2, -0.15) is 0 Å². The van der Waals surface area contributed by atoms with Crippen LogP contribution >= 0.6 is 0 Å². The number of ether oxygens (including phenoxy) is 1. The number of fused-ring (bicyclic) bond motifs is 1. The number of pyridine rings is 1. The summed E-state index contributed by atoms with van der Waals surface area (Å²) in [6.07, 6.45) is 1.68. The number of H-pyrrole nitrogens is 1. The Morgan fingerprint density at radius 1 is 1.24 bits per heavy atom. The predicted octanol–water partition coefficient (Wildman–Crippen LogP) is 2.65. The minimum atomic E-state index is -0.569. The molecule has 3 rings (SSSR count). The van der Waals surface area contributed by atoms with Crippen molar-refractivity contribution in [3.63, 3.8) is 0 Å². The van der Waals surface area contributed by atoms with Gasteiger partial charge >= 0.3 is 5.97 Å². The lowest BCUT2D eigenvalue weighted by Gasteiger charge is -2.13. The second-order valence-electron chi connectivity index (χ2n) is 4.59. The van der Waals surface area contributed by atoms with Gasteiger partial charge in [-0.05, 0) is 24.6 Å². The molecule has 5 nitrogen and oxygen atoms in total. The molecule has 2 heterocycles.